The summed E-state index contributed by atoms with van der Waals surface area (Å²) in [4.78, 5) is 8.81. The van der Waals surface area contributed by atoms with Gasteiger partial charge in [-0.1, -0.05) is 34.1 Å². The van der Waals surface area contributed by atoms with Gasteiger partial charge in [0.2, 0.25) is 5.95 Å². The number of anilines is 1. The smallest absolute Gasteiger partial charge is 0.223 e. The fraction of sp³-hybridized carbons (Fsp3) is 0.286. The number of hydrogen-bond donors (Lipinski definition) is 1. The molecule has 0 unspecified atom stereocenters. The lowest BCUT2D eigenvalue weighted by Gasteiger charge is -2.16. The van der Waals surface area contributed by atoms with Crippen LogP contribution < -0.4 is 5.32 Å². The van der Waals surface area contributed by atoms with E-state index in [0.29, 0.717) is 19.2 Å². The highest BCUT2D eigenvalue weighted by molar-refractivity contribution is 9.10. The van der Waals surface area contributed by atoms with Gasteiger partial charge in [0, 0.05) is 16.2 Å². The molecule has 19 heavy (non-hydrogen) atoms. The van der Waals surface area contributed by atoms with Crippen molar-refractivity contribution >= 4 is 21.9 Å². The molecule has 3 rings (SSSR count). The molecule has 1 aliphatic rings. The highest BCUT2D eigenvalue weighted by Gasteiger charge is 2.15. The molecule has 1 N–H and O–H groups in total. The van der Waals surface area contributed by atoms with Crippen molar-refractivity contribution in [1.82, 2.24) is 9.97 Å². The first-order valence-electron chi connectivity index (χ1n) is 6.17. The van der Waals surface area contributed by atoms with Crippen molar-refractivity contribution in [2.45, 2.75) is 26.2 Å². The summed E-state index contributed by atoms with van der Waals surface area (Å²) in [6.07, 6.45) is 1.84. The minimum absolute atomic E-state index is 0.135. The maximum Gasteiger partial charge on any atom is 0.223 e. The lowest BCUT2D eigenvalue weighted by molar-refractivity contribution is 0.133. The molecule has 98 valence electrons. The van der Waals surface area contributed by atoms with Crippen molar-refractivity contribution < 1.29 is 4.74 Å². The minimum Gasteiger partial charge on any atom is -0.370 e. The Morgan fingerprint density at radius 3 is 3.00 bits per heavy atom. The number of aromatic nitrogens is 2. The van der Waals surface area contributed by atoms with Crippen LogP contribution in [0.2, 0.25) is 0 Å². The minimum atomic E-state index is 0.135. The van der Waals surface area contributed by atoms with Gasteiger partial charge in [-0.2, -0.15) is 0 Å². The molecule has 2 heterocycles. The van der Waals surface area contributed by atoms with Crippen LogP contribution in [-0.2, 0) is 18.0 Å². The van der Waals surface area contributed by atoms with E-state index in [1.165, 1.54) is 5.56 Å². The monoisotopic (exact) mass is 319 g/mol. The number of hydrogen-bond acceptors (Lipinski definition) is 4. The van der Waals surface area contributed by atoms with E-state index in [0.717, 1.165) is 15.7 Å². The summed E-state index contributed by atoms with van der Waals surface area (Å²) in [6, 6.07) is 8.28. The molecule has 0 spiro atoms. The van der Waals surface area contributed by atoms with Gasteiger partial charge in [-0.05, 0) is 18.6 Å². The number of rotatable bonds is 3. The summed E-state index contributed by atoms with van der Waals surface area (Å²) in [5, 5.41) is 3.32. The number of fused-ring (bicyclic) bond motifs is 1. The van der Waals surface area contributed by atoms with Gasteiger partial charge < -0.3 is 10.1 Å². The average molecular weight is 320 g/mol. The van der Waals surface area contributed by atoms with E-state index < -0.39 is 0 Å². The molecular weight excluding hydrogens is 306 g/mol. The Kier molecular flexibility index (Phi) is 3.48. The molecule has 4 nitrogen and oxygen atoms in total. The Morgan fingerprint density at radius 1 is 1.32 bits per heavy atom. The van der Waals surface area contributed by atoms with Gasteiger partial charge in [-0.3, -0.25) is 0 Å². The lowest BCUT2D eigenvalue weighted by atomic mass is 10.1. The molecule has 5 heteroatoms. The standard InChI is InChI=1S/C14H14BrN3O/c1-9(11-4-2-3-5-12(11)15)17-14-16-6-10-7-19-8-13(10)18-14/h2-6,9H,7-8H2,1H3,(H,16,17,18)/t9-/m1/s1. The van der Waals surface area contributed by atoms with Crippen molar-refractivity contribution in [3.05, 3.63) is 51.8 Å². The van der Waals surface area contributed by atoms with Crippen LogP contribution in [0.3, 0.4) is 0 Å². The molecule has 0 aliphatic carbocycles. The van der Waals surface area contributed by atoms with Gasteiger partial charge in [-0.25, -0.2) is 9.97 Å². The highest BCUT2D eigenvalue weighted by Crippen LogP contribution is 2.25. The van der Waals surface area contributed by atoms with Crippen molar-refractivity contribution in [3.63, 3.8) is 0 Å². The Bertz CT molecular complexity index is 603. The SMILES string of the molecule is C[C@@H](Nc1ncc2c(n1)COC2)c1ccccc1Br. The largest absolute Gasteiger partial charge is 0.370 e. The fourth-order valence-corrected chi connectivity index (χ4v) is 2.74. The number of ether oxygens (including phenoxy) is 1. The third-order valence-electron chi connectivity index (χ3n) is 3.17. The maximum absolute atomic E-state index is 5.34. The summed E-state index contributed by atoms with van der Waals surface area (Å²) in [7, 11) is 0. The van der Waals surface area contributed by atoms with Gasteiger partial charge in [0.15, 0.2) is 0 Å². The summed E-state index contributed by atoms with van der Waals surface area (Å²) in [5.74, 6) is 0.646. The van der Waals surface area contributed by atoms with Crippen LogP contribution >= 0.6 is 15.9 Å². The zero-order chi connectivity index (χ0) is 13.2. The van der Waals surface area contributed by atoms with Crippen molar-refractivity contribution in [2.24, 2.45) is 0 Å². The summed E-state index contributed by atoms with van der Waals surface area (Å²) < 4.78 is 6.42. The molecular formula is C14H14BrN3O. The van der Waals surface area contributed by atoms with Crippen LogP contribution in [-0.4, -0.2) is 9.97 Å². The van der Waals surface area contributed by atoms with Crippen LogP contribution in [0, 0.1) is 0 Å². The van der Waals surface area contributed by atoms with Crippen LogP contribution in [0.15, 0.2) is 34.9 Å². The van der Waals surface area contributed by atoms with E-state index in [9.17, 15) is 0 Å². The Hall–Kier alpha value is -1.46. The van der Waals surface area contributed by atoms with Gasteiger partial charge in [0.05, 0.1) is 24.9 Å². The second-order valence-electron chi connectivity index (χ2n) is 4.55. The number of benzene rings is 1. The van der Waals surface area contributed by atoms with Gasteiger partial charge in [0.25, 0.3) is 0 Å². The first kappa shape index (κ1) is 12.6. The third kappa shape index (κ3) is 2.62. The molecule has 0 bridgehead atoms. The molecule has 0 saturated heterocycles. The van der Waals surface area contributed by atoms with E-state index in [2.05, 4.69) is 44.2 Å². The molecule has 0 amide bonds. The Labute approximate surface area is 120 Å². The predicted molar refractivity (Wildman–Crippen MR) is 76.7 cm³/mol. The fourth-order valence-electron chi connectivity index (χ4n) is 2.11. The third-order valence-corrected chi connectivity index (χ3v) is 3.89. The molecule has 1 aromatic carbocycles. The van der Waals surface area contributed by atoms with E-state index in [1.807, 2.05) is 24.4 Å². The Balaban J connectivity index is 1.80. The zero-order valence-electron chi connectivity index (χ0n) is 10.6. The maximum atomic E-state index is 5.34. The normalized spacial score (nSPS) is 15.1. The lowest BCUT2D eigenvalue weighted by Crippen LogP contribution is -2.10. The first-order chi connectivity index (χ1) is 9.24. The van der Waals surface area contributed by atoms with Crippen LogP contribution in [0.1, 0.15) is 29.8 Å². The summed E-state index contributed by atoms with van der Waals surface area (Å²) >= 11 is 3.56. The van der Waals surface area contributed by atoms with E-state index in [-0.39, 0.29) is 6.04 Å². The molecule has 1 aliphatic heterocycles. The molecule has 0 radical (unpaired) electrons. The zero-order valence-corrected chi connectivity index (χ0v) is 12.1. The highest BCUT2D eigenvalue weighted by atomic mass is 79.9. The number of nitrogens with one attached hydrogen (secondary N) is 1. The second-order valence-corrected chi connectivity index (χ2v) is 5.40. The Morgan fingerprint density at radius 2 is 2.16 bits per heavy atom. The predicted octanol–water partition coefficient (Wildman–Crippen LogP) is 3.44. The quantitative estimate of drug-likeness (QED) is 0.941. The second kappa shape index (κ2) is 5.27. The summed E-state index contributed by atoms with van der Waals surface area (Å²) in [5.41, 5.74) is 3.25. The van der Waals surface area contributed by atoms with Crippen LogP contribution in [0.25, 0.3) is 0 Å². The van der Waals surface area contributed by atoms with E-state index >= 15 is 0 Å². The first-order valence-corrected chi connectivity index (χ1v) is 6.97. The van der Waals surface area contributed by atoms with Gasteiger partial charge >= 0.3 is 0 Å². The van der Waals surface area contributed by atoms with Crippen molar-refractivity contribution in [3.8, 4) is 0 Å². The molecule has 0 fully saturated rings. The molecule has 2 aromatic rings. The van der Waals surface area contributed by atoms with Crippen molar-refractivity contribution in [1.29, 1.82) is 0 Å². The average Bonchev–Trinajstić information content (AvgIpc) is 2.86. The molecule has 1 atom stereocenters. The van der Waals surface area contributed by atoms with E-state index in [4.69, 9.17) is 4.74 Å². The van der Waals surface area contributed by atoms with Crippen LogP contribution in [0.5, 0.6) is 0 Å². The molecule has 1 aromatic heterocycles. The number of halogens is 1. The summed E-state index contributed by atoms with van der Waals surface area (Å²) in [6.45, 7) is 3.29. The topological polar surface area (TPSA) is 47.0 Å². The van der Waals surface area contributed by atoms with Crippen molar-refractivity contribution in [2.75, 3.05) is 5.32 Å². The van der Waals surface area contributed by atoms with Crippen LogP contribution in [0.4, 0.5) is 5.95 Å². The number of nitrogens with zero attached hydrogens (tertiary/aromatic N) is 2. The van der Waals surface area contributed by atoms with Gasteiger partial charge in [0.1, 0.15) is 0 Å². The van der Waals surface area contributed by atoms with Gasteiger partial charge in [-0.15, -0.1) is 0 Å². The molecule has 0 saturated carbocycles. The van der Waals surface area contributed by atoms with E-state index in [1.54, 1.807) is 0 Å².